The van der Waals surface area contributed by atoms with Crippen molar-refractivity contribution in [1.82, 2.24) is 29.7 Å². The Balaban J connectivity index is 1.75. The Labute approximate surface area is 129 Å². The number of aryl methyl sites for hydroxylation is 1. The van der Waals surface area contributed by atoms with Crippen LogP contribution >= 0.6 is 0 Å². The number of fused-ring (bicyclic) bond motifs is 1. The summed E-state index contributed by atoms with van der Waals surface area (Å²) < 4.78 is 12.0. The van der Waals surface area contributed by atoms with Crippen molar-refractivity contribution in [3.63, 3.8) is 0 Å². The van der Waals surface area contributed by atoms with Gasteiger partial charge in [-0.15, -0.1) is 5.10 Å². The van der Waals surface area contributed by atoms with Crippen LogP contribution in [0, 0.1) is 6.92 Å². The van der Waals surface area contributed by atoms with Gasteiger partial charge in [-0.05, 0) is 19.1 Å². The van der Waals surface area contributed by atoms with Crippen LogP contribution in [-0.2, 0) is 0 Å². The van der Waals surface area contributed by atoms with Gasteiger partial charge in [0.05, 0.1) is 5.69 Å². The molecule has 9 heteroatoms. The van der Waals surface area contributed by atoms with Crippen molar-refractivity contribution in [3.8, 4) is 23.3 Å². The highest BCUT2D eigenvalue weighted by molar-refractivity contribution is 5.51. The van der Waals surface area contributed by atoms with Crippen molar-refractivity contribution in [2.75, 3.05) is 5.73 Å². The molecule has 0 spiro atoms. The Morgan fingerprint density at radius 1 is 1.13 bits per heavy atom. The first-order chi connectivity index (χ1) is 11.2. The summed E-state index contributed by atoms with van der Waals surface area (Å²) in [6.07, 6.45) is 0. The molecule has 3 aromatic heterocycles. The summed E-state index contributed by atoms with van der Waals surface area (Å²) in [4.78, 5) is 12.5. The lowest BCUT2D eigenvalue weighted by molar-refractivity contribution is 0.424. The number of rotatable bonds is 3. The molecule has 0 aliphatic carbocycles. The predicted molar refractivity (Wildman–Crippen MR) is 79.7 cm³/mol. The van der Waals surface area contributed by atoms with Crippen LogP contribution in [0.25, 0.3) is 17.4 Å². The second kappa shape index (κ2) is 5.05. The van der Waals surface area contributed by atoms with Gasteiger partial charge in [-0.1, -0.05) is 23.4 Å². The minimum atomic E-state index is 0.0916. The number of hydrogen-bond acceptors (Lipinski definition) is 8. The third kappa shape index (κ3) is 2.44. The number of para-hydroxylation sites is 1. The molecule has 0 aliphatic heterocycles. The molecule has 3 heterocycles. The van der Waals surface area contributed by atoms with Crippen LogP contribution in [0.3, 0.4) is 0 Å². The molecule has 0 aliphatic rings. The molecule has 9 nitrogen and oxygen atoms in total. The molecule has 0 bridgehead atoms. The number of benzene rings is 1. The number of anilines is 1. The largest absolute Gasteiger partial charge is 0.424 e. The van der Waals surface area contributed by atoms with E-state index in [0.717, 1.165) is 5.69 Å². The van der Waals surface area contributed by atoms with Crippen molar-refractivity contribution in [3.05, 3.63) is 42.1 Å². The fourth-order valence-corrected chi connectivity index (χ4v) is 2.00. The highest BCUT2D eigenvalue weighted by Crippen LogP contribution is 2.21. The minimum Gasteiger partial charge on any atom is -0.424 e. The van der Waals surface area contributed by atoms with Gasteiger partial charge < -0.3 is 15.0 Å². The Kier molecular flexibility index (Phi) is 2.90. The van der Waals surface area contributed by atoms with Crippen LogP contribution in [0.4, 0.5) is 5.95 Å². The van der Waals surface area contributed by atoms with E-state index in [9.17, 15) is 0 Å². The average Bonchev–Trinajstić information content (AvgIpc) is 3.14. The van der Waals surface area contributed by atoms with E-state index in [2.05, 4.69) is 25.2 Å². The molecule has 4 aromatic rings. The van der Waals surface area contributed by atoms with Crippen molar-refractivity contribution in [2.24, 2.45) is 0 Å². The molecule has 0 saturated carbocycles. The number of nitrogens with zero attached hydrogens (tertiary/aromatic N) is 6. The van der Waals surface area contributed by atoms with Gasteiger partial charge in [0.25, 0.3) is 5.78 Å². The van der Waals surface area contributed by atoms with Crippen molar-refractivity contribution < 1.29 is 9.26 Å². The van der Waals surface area contributed by atoms with Crippen molar-refractivity contribution in [2.45, 2.75) is 6.92 Å². The number of nitrogens with two attached hydrogens (primary N) is 1. The smallest absolute Gasteiger partial charge is 0.328 e. The van der Waals surface area contributed by atoms with Gasteiger partial charge >= 0.3 is 6.01 Å². The second-order valence-corrected chi connectivity index (χ2v) is 4.76. The second-order valence-electron chi connectivity index (χ2n) is 4.76. The fourth-order valence-electron chi connectivity index (χ4n) is 2.00. The van der Waals surface area contributed by atoms with Gasteiger partial charge in [0.15, 0.2) is 0 Å². The Morgan fingerprint density at radius 2 is 1.96 bits per heavy atom. The number of hydrogen-bond donors (Lipinski definition) is 1. The average molecular weight is 309 g/mol. The van der Waals surface area contributed by atoms with Crippen LogP contribution < -0.4 is 10.5 Å². The number of nitrogen functional groups attached to an aromatic ring is 1. The lowest BCUT2D eigenvalue weighted by Gasteiger charge is -2.03. The van der Waals surface area contributed by atoms with E-state index in [4.69, 9.17) is 15.0 Å². The first-order valence-electron chi connectivity index (χ1n) is 6.76. The minimum absolute atomic E-state index is 0.0916. The summed E-state index contributed by atoms with van der Waals surface area (Å²) in [5, 5.41) is 8.01. The van der Waals surface area contributed by atoms with Gasteiger partial charge in [0, 0.05) is 6.07 Å². The van der Waals surface area contributed by atoms with E-state index in [1.807, 2.05) is 25.1 Å². The molecule has 23 heavy (non-hydrogen) atoms. The van der Waals surface area contributed by atoms with Gasteiger partial charge in [-0.3, -0.25) is 0 Å². The molecule has 4 rings (SSSR count). The molecular formula is C14H11N7O2. The molecular weight excluding hydrogens is 298 g/mol. The first-order valence-corrected chi connectivity index (χ1v) is 6.76. The predicted octanol–water partition coefficient (Wildman–Crippen LogP) is 1.86. The van der Waals surface area contributed by atoms with E-state index in [-0.39, 0.29) is 17.7 Å². The number of ether oxygens (including phenoxy) is 1. The molecule has 2 N–H and O–H groups in total. The maximum atomic E-state index is 5.89. The third-order valence-electron chi connectivity index (χ3n) is 3.01. The van der Waals surface area contributed by atoms with Gasteiger partial charge in [-0.2, -0.15) is 19.5 Å². The van der Waals surface area contributed by atoms with Crippen LogP contribution in [0.15, 0.2) is 40.9 Å². The number of aromatic nitrogens is 6. The summed E-state index contributed by atoms with van der Waals surface area (Å²) in [7, 11) is 0. The normalized spacial score (nSPS) is 11.0. The summed E-state index contributed by atoms with van der Waals surface area (Å²) in [6.45, 7) is 1.81. The molecule has 0 unspecified atom stereocenters. The van der Waals surface area contributed by atoms with E-state index >= 15 is 0 Å². The lowest BCUT2D eigenvalue weighted by atomic mass is 10.3. The Morgan fingerprint density at radius 3 is 2.70 bits per heavy atom. The molecule has 114 valence electrons. The topological polar surface area (TPSA) is 117 Å². The fraction of sp³-hybridized carbons (Fsp3) is 0.0714. The highest BCUT2D eigenvalue weighted by atomic mass is 16.5. The first kappa shape index (κ1) is 13.2. The Hall–Kier alpha value is -3.49. The van der Waals surface area contributed by atoms with E-state index in [1.54, 1.807) is 18.2 Å². The van der Waals surface area contributed by atoms with Gasteiger partial charge in [0.1, 0.15) is 5.75 Å². The molecule has 0 amide bonds. The maximum Gasteiger partial charge on any atom is 0.328 e. The van der Waals surface area contributed by atoms with Crippen LogP contribution in [-0.4, -0.2) is 29.7 Å². The lowest BCUT2D eigenvalue weighted by Crippen LogP contribution is -2.05. The highest BCUT2D eigenvalue weighted by Gasteiger charge is 2.16. The molecule has 0 atom stereocenters. The van der Waals surface area contributed by atoms with Gasteiger partial charge in [-0.25, -0.2) is 0 Å². The maximum absolute atomic E-state index is 5.89. The van der Waals surface area contributed by atoms with Crippen LogP contribution in [0.1, 0.15) is 5.69 Å². The van der Waals surface area contributed by atoms with Crippen molar-refractivity contribution >= 4 is 11.7 Å². The quantitative estimate of drug-likeness (QED) is 0.609. The van der Waals surface area contributed by atoms with E-state index in [1.165, 1.54) is 4.52 Å². The van der Waals surface area contributed by atoms with Crippen LogP contribution in [0.2, 0.25) is 0 Å². The molecule has 0 saturated heterocycles. The molecule has 0 radical (unpaired) electrons. The molecule has 1 aromatic carbocycles. The van der Waals surface area contributed by atoms with E-state index in [0.29, 0.717) is 17.3 Å². The summed E-state index contributed by atoms with van der Waals surface area (Å²) >= 11 is 0. The summed E-state index contributed by atoms with van der Waals surface area (Å²) in [5.74, 6) is 1.71. The molecule has 0 fully saturated rings. The third-order valence-corrected chi connectivity index (χ3v) is 3.01. The van der Waals surface area contributed by atoms with Crippen molar-refractivity contribution in [1.29, 1.82) is 0 Å². The zero-order valence-electron chi connectivity index (χ0n) is 12.0. The summed E-state index contributed by atoms with van der Waals surface area (Å²) in [5.41, 5.74) is 6.62. The summed E-state index contributed by atoms with van der Waals surface area (Å²) in [6, 6.07) is 11.0. The standard InChI is InChI=1S/C14H11N7O2/c1-8-7-10(23-20-8)11-16-13-18-14(17-12(15)21(13)19-11)22-9-5-3-2-4-6-9/h2-7H,1H3,(H2,15,16,17,18,19). The zero-order valence-corrected chi connectivity index (χ0v) is 12.0. The Bertz CT molecular complexity index is 977. The van der Waals surface area contributed by atoms with Crippen LogP contribution in [0.5, 0.6) is 11.8 Å². The van der Waals surface area contributed by atoms with Gasteiger partial charge in [0.2, 0.25) is 17.5 Å². The SMILES string of the molecule is Cc1cc(-c2nc3nc(Oc4ccccc4)nc(N)n3n2)on1. The van der Waals surface area contributed by atoms with E-state index < -0.39 is 0 Å². The zero-order chi connectivity index (χ0) is 15.8. The monoisotopic (exact) mass is 309 g/mol.